The number of thiazole rings is 1. The van der Waals surface area contributed by atoms with Crippen LogP contribution in [0, 0.1) is 13.8 Å². The molecule has 0 aliphatic heterocycles. The average molecular weight is 370 g/mol. The van der Waals surface area contributed by atoms with Crippen LogP contribution in [0.5, 0.6) is 0 Å². The molecule has 0 amide bonds. The van der Waals surface area contributed by atoms with Gasteiger partial charge in [-0.05, 0) is 36.4 Å². The van der Waals surface area contributed by atoms with Crippen molar-refractivity contribution >= 4 is 44.7 Å². The molecule has 0 radical (unpaired) electrons. The molecule has 0 aliphatic rings. The third-order valence-electron chi connectivity index (χ3n) is 3.77. The van der Waals surface area contributed by atoms with E-state index < -0.39 is 0 Å². The zero-order chi connectivity index (χ0) is 16.5. The highest BCUT2D eigenvalue weighted by molar-refractivity contribution is 7.98. The number of benzene rings is 1. The Morgan fingerprint density at radius 1 is 1.04 bits per heavy atom. The van der Waals surface area contributed by atoms with E-state index in [9.17, 15) is 0 Å². The largest absolute Gasteiger partial charge is 0.238 e. The molecule has 120 valence electrons. The Hall–Kier alpha value is -1.76. The molecule has 0 bridgehead atoms. The van der Waals surface area contributed by atoms with Crippen LogP contribution in [-0.4, -0.2) is 15.2 Å². The van der Waals surface area contributed by atoms with Gasteiger partial charge in [0.05, 0.1) is 14.6 Å². The SMILES string of the molecule is Cc1nc2c(SCc3ccccc3C)nnc(-c3cccs3)c2s1. The van der Waals surface area contributed by atoms with Crippen molar-refractivity contribution in [3.05, 3.63) is 57.9 Å². The van der Waals surface area contributed by atoms with E-state index >= 15 is 0 Å². The molecule has 0 atom stereocenters. The number of aryl methyl sites for hydroxylation is 2. The van der Waals surface area contributed by atoms with Gasteiger partial charge in [-0.3, -0.25) is 0 Å². The minimum Gasteiger partial charge on any atom is -0.238 e. The lowest BCUT2D eigenvalue weighted by molar-refractivity contribution is 0.956. The van der Waals surface area contributed by atoms with E-state index in [1.807, 2.05) is 13.0 Å². The van der Waals surface area contributed by atoms with Gasteiger partial charge in [-0.25, -0.2) is 4.98 Å². The molecule has 3 nitrogen and oxygen atoms in total. The topological polar surface area (TPSA) is 38.7 Å². The van der Waals surface area contributed by atoms with Gasteiger partial charge in [0.15, 0.2) is 0 Å². The molecule has 0 N–H and O–H groups in total. The number of thiophene rings is 1. The summed E-state index contributed by atoms with van der Waals surface area (Å²) in [4.78, 5) is 5.86. The van der Waals surface area contributed by atoms with Crippen molar-refractivity contribution in [2.45, 2.75) is 24.6 Å². The van der Waals surface area contributed by atoms with Gasteiger partial charge in [0, 0.05) is 5.75 Å². The van der Waals surface area contributed by atoms with Crippen molar-refractivity contribution in [3.8, 4) is 10.6 Å². The van der Waals surface area contributed by atoms with Crippen LogP contribution >= 0.6 is 34.4 Å². The third kappa shape index (κ3) is 2.97. The highest BCUT2D eigenvalue weighted by atomic mass is 32.2. The number of hydrogen-bond donors (Lipinski definition) is 0. The fraction of sp³-hybridized carbons (Fsp3) is 0.167. The molecule has 0 unspecified atom stereocenters. The summed E-state index contributed by atoms with van der Waals surface area (Å²) in [6.45, 7) is 4.18. The van der Waals surface area contributed by atoms with Gasteiger partial charge in [-0.15, -0.1) is 32.9 Å². The van der Waals surface area contributed by atoms with Crippen LogP contribution in [0.15, 0.2) is 46.8 Å². The predicted molar refractivity (Wildman–Crippen MR) is 104 cm³/mol. The fourth-order valence-electron chi connectivity index (χ4n) is 2.51. The first kappa shape index (κ1) is 15.7. The van der Waals surface area contributed by atoms with Crippen LogP contribution in [0.25, 0.3) is 20.8 Å². The van der Waals surface area contributed by atoms with Crippen LogP contribution in [0.1, 0.15) is 16.1 Å². The number of fused-ring (bicyclic) bond motifs is 1. The molecule has 4 aromatic rings. The number of nitrogens with zero attached hydrogens (tertiary/aromatic N) is 3. The Kier molecular flexibility index (Phi) is 4.35. The lowest BCUT2D eigenvalue weighted by Crippen LogP contribution is -1.92. The molecule has 1 aromatic carbocycles. The van der Waals surface area contributed by atoms with Gasteiger partial charge < -0.3 is 0 Å². The zero-order valence-corrected chi connectivity index (χ0v) is 15.8. The molecule has 0 aliphatic carbocycles. The summed E-state index contributed by atoms with van der Waals surface area (Å²) in [7, 11) is 0. The van der Waals surface area contributed by atoms with Crippen LogP contribution in [0.4, 0.5) is 0 Å². The van der Waals surface area contributed by atoms with Crippen LogP contribution in [-0.2, 0) is 5.75 Å². The van der Waals surface area contributed by atoms with E-state index in [1.165, 1.54) is 11.1 Å². The lowest BCUT2D eigenvalue weighted by atomic mass is 10.1. The molecule has 24 heavy (non-hydrogen) atoms. The predicted octanol–water partition coefficient (Wildman–Crippen LogP) is 5.72. The van der Waals surface area contributed by atoms with Crippen LogP contribution in [0.3, 0.4) is 0 Å². The van der Waals surface area contributed by atoms with Gasteiger partial charge >= 0.3 is 0 Å². The van der Waals surface area contributed by atoms with E-state index in [1.54, 1.807) is 34.4 Å². The highest BCUT2D eigenvalue weighted by Crippen LogP contribution is 2.37. The lowest BCUT2D eigenvalue weighted by Gasteiger charge is -2.06. The van der Waals surface area contributed by atoms with Gasteiger partial charge in [0.25, 0.3) is 0 Å². The second-order valence-electron chi connectivity index (χ2n) is 5.46. The monoisotopic (exact) mass is 369 g/mol. The number of aromatic nitrogens is 3. The molecule has 4 rings (SSSR count). The Morgan fingerprint density at radius 2 is 1.92 bits per heavy atom. The number of rotatable bonds is 4. The highest BCUT2D eigenvalue weighted by Gasteiger charge is 2.16. The third-order valence-corrected chi connectivity index (χ3v) is 6.63. The molecule has 0 saturated carbocycles. The van der Waals surface area contributed by atoms with E-state index in [0.29, 0.717) is 0 Å². The Bertz CT molecular complexity index is 990. The van der Waals surface area contributed by atoms with Crippen molar-refractivity contribution in [3.63, 3.8) is 0 Å². The maximum atomic E-state index is 4.72. The quantitative estimate of drug-likeness (QED) is 0.431. The molecule has 6 heteroatoms. The number of thioether (sulfide) groups is 1. The summed E-state index contributed by atoms with van der Waals surface area (Å²) in [5.41, 5.74) is 4.56. The maximum absolute atomic E-state index is 4.72. The van der Waals surface area contributed by atoms with Gasteiger partial charge in [0.2, 0.25) is 0 Å². The van der Waals surface area contributed by atoms with Crippen molar-refractivity contribution in [2.75, 3.05) is 0 Å². The van der Waals surface area contributed by atoms with E-state index in [-0.39, 0.29) is 0 Å². The standard InChI is InChI=1S/C18H15N3S3/c1-11-6-3-4-7-13(11)10-23-18-16-17(24-12(2)19-16)15(20-21-18)14-8-5-9-22-14/h3-9H,10H2,1-2H3. The minimum atomic E-state index is 0.880. The second-order valence-corrected chi connectivity index (χ2v) is 8.57. The molecule has 0 saturated heterocycles. The first-order valence-corrected chi connectivity index (χ1v) is 10.3. The Morgan fingerprint density at radius 3 is 2.71 bits per heavy atom. The minimum absolute atomic E-state index is 0.880. The van der Waals surface area contributed by atoms with Crippen molar-refractivity contribution < 1.29 is 0 Å². The van der Waals surface area contributed by atoms with Gasteiger partial charge in [-0.1, -0.05) is 42.1 Å². The summed E-state index contributed by atoms with van der Waals surface area (Å²) in [5.74, 6) is 0.880. The smallest absolute Gasteiger partial charge is 0.146 e. The Balaban J connectivity index is 1.72. The molecular formula is C18H15N3S3. The maximum Gasteiger partial charge on any atom is 0.146 e. The van der Waals surface area contributed by atoms with Crippen molar-refractivity contribution in [2.24, 2.45) is 0 Å². The molecule has 3 aromatic heterocycles. The first-order valence-electron chi connectivity index (χ1n) is 7.57. The summed E-state index contributed by atoms with van der Waals surface area (Å²) in [6, 6.07) is 12.6. The summed E-state index contributed by atoms with van der Waals surface area (Å²) in [5, 5.41) is 13.0. The molecular weight excluding hydrogens is 354 g/mol. The fourth-order valence-corrected chi connectivity index (χ4v) is 5.27. The van der Waals surface area contributed by atoms with E-state index in [4.69, 9.17) is 4.98 Å². The average Bonchev–Trinajstić information content (AvgIpc) is 3.23. The van der Waals surface area contributed by atoms with E-state index in [2.05, 4.69) is 52.8 Å². The second kappa shape index (κ2) is 6.63. The van der Waals surface area contributed by atoms with Gasteiger partial charge in [0.1, 0.15) is 16.2 Å². The molecule has 3 heterocycles. The van der Waals surface area contributed by atoms with Gasteiger partial charge in [-0.2, -0.15) is 0 Å². The number of hydrogen-bond acceptors (Lipinski definition) is 6. The zero-order valence-electron chi connectivity index (χ0n) is 13.3. The van der Waals surface area contributed by atoms with Crippen molar-refractivity contribution in [1.29, 1.82) is 0 Å². The summed E-state index contributed by atoms with van der Waals surface area (Å²) >= 11 is 5.09. The van der Waals surface area contributed by atoms with E-state index in [0.717, 1.165) is 36.6 Å². The molecule has 0 fully saturated rings. The summed E-state index contributed by atoms with van der Waals surface area (Å²) in [6.07, 6.45) is 0. The Labute approximate surface area is 152 Å². The first-order chi connectivity index (χ1) is 11.7. The molecule has 0 spiro atoms. The normalized spacial score (nSPS) is 11.2. The van der Waals surface area contributed by atoms with Crippen LogP contribution in [0.2, 0.25) is 0 Å². The summed E-state index contributed by atoms with van der Waals surface area (Å²) < 4.78 is 1.14. The van der Waals surface area contributed by atoms with Crippen LogP contribution < -0.4 is 0 Å². The van der Waals surface area contributed by atoms with Crippen molar-refractivity contribution in [1.82, 2.24) is 15.2 Å².